The smallest absolute Gasteiger partial charge is 0.247 e. The zero-order chi connectivity index (χ0) is 38.4. The maximum absolute atomic E-state index is 6.78. The fourth-order valence-corrected chi connectivity index (χ4v) is 10.5. The van der Waals surface area contributed by atoms with E-state index in [-0.39, 0.29) is 6.71 Å². The number of rotatable bonds is 2. The van der Waals surface area contributed by atoms with Crippen molar-refractivity contribution < 1.29 is 8.83 Å². The summed E-state index contributed by atoms with van der Waals surface area (Å²) in [4.78, 5) is 4.92. The summed E-state index contributed by atoms with van der Waals surface area (Å²) in [6.45, 7) is 6.76. The third-order valence-corrected chi connectivity index (χ3v) is 12.8. The normalized spacial score (nSPS) is 13.3. The third-order valence-electron chi connectivity index (χ3n) is 12.8. The number of aryl methyl sites for hydroxylation is 3. The largest absolute Gasteiger partial charge is 0.456 e. The van der Waals surface area contributed by atoms with E-state index in [4.69, 9.17) is 8.83 Å². The number of nitrogens with zero attached hydrogens (tertiary/aromatic N) is 2. The van der Waals surface area contributed by atoms with Gasteiger partial charge in [-0.3, -0.25) is 0 Å². The van der Waals surface area contributed by atoms with Crippen LogP contribution in [0.25, 0.3) is 65.4 Å². The molecule has 0 radical (unpaired) electrons. The number of anilines is 6. The van der Waals surface area contributed by atoms with Crippen LogP contribution in [0.2, 0.25) is 0 Å². The summed E-state index contributed by atoms with van der Waals surface area (Å²) in [5.41, 5.74) is 18.2. The van der Waals surface area contributed by atoms with Crippen molar-refractivity contribution in [3.05, 3.63) is 174 Å². The average Bonchev–Trinajstić information content (AvgIpc) is 3.77. The molecule has 4 heterocycles. The van der Waals surface area contributed by atoms with Crippen LogP contribution in [-0.2, 0) is 0 Å². The molecule has 2 aliphatic rings. The lowest BCUT2D eigenvalue weighted by Crippen LogP contribution is -2.59. The highest BCUT2D eigenvalue weighted by Gasteiger charge is 2.43. The van der Waals surface area contributed by atoms with Crippen LogP contribution in [0.3, 0.4) is 0 Å². The molecule has 0 unspecified atom stereocenters. The van der Waals surface area contributed by atoms with Gasteiger partial charge in [0.15, 0.2) is 0 Å². The molecule has 5 heteroatoms. The summed E-state index contributed by atoms with van der Waals surface area (Å²) in [5, 5.41) is 9.33. The van der Waals surface area contributed by atoms with E-state index in [0.717, 1.165) is 72.3 Å². The van der Waals surface area contributed by atoms with Gasteiger partial charge >= 0.3 is 0 Å². The van der Waals surface area contributed by atoms with Gasteiger partial charge in [-0.1, -0.05) is 113 Å². The van der Waals surface area contributed by atoms with Gasteiger partial charge in [0.2, 0.25) is 6.71 Å². The van der Waals surface area contributed by atoms with Crippen molar-refractivity contribution in [2.45, 2.75) is 20.8 Å². The molecule has 0 amide bonds. The van der Waals surface area contributed by atoms with Gasteiger partial charge in [-0.2, -0.15) is 0 Å². The van der Waals surface area contributed by atoms with E-state index in [2.05, 4.69) is 188 Å². The SMILES string of the molecule is Cc1cc(C)c(B2c3cc4c(cc3N3c5ccccc5N(c5ccc6c(c5)oc5cc7ccccc7cc56)c5cccc2c53)oc2cc3ccccc3cc24)c(C)c1. The number of benzene rings is 9. The van der Waals surface area contributed by atoms with Crippen LogP contribution in [0, 0.1) is 20.8 Å². The number of fused-ring (bicyclic) bond motifs is 12. The predicted octanol–water partition coefficient (Wildman–Crippen LogP) is 12.8. The summed E-state index contributed by atoms with van der Waals surface area (Å²) < 4.78 is 13.4. The van der Waals surface area contributed by atoms with E-state index in [1.165, 1.54) is 60.3 Å². The Bertz CT molecular complexity index is 3570. The van der Waals surface area contributed by atoms with Gasteiger partial charge in [0, 0.05) is 39.4 Å². The van der Waals surface area contributed by atoms with Gasteiger partial charge in [0.05, 0.1) is 28.4 Å². The van der Waals surface area contributed by atoms with E-state index in [1.807, 2.05) is 0 Å². The standard InChI is InChI=1S/C53H35BN2O2/c1-30-21-31(2)52(32(3)22-30)54-42-15-10-18-46-53(42)56(47-29-51-41(28-43(47)54)40-24-34-12-5-7-14-36(34)26-49(40)58-51)45-17-9-8-16-44(45)55(46)37-19-20-38-39-23-33-11-4-6-13-35(33)25-48(39)57-50(38)27-37/h4-29H,1-3H3. The zero-order valence-corrected chi connectivity index (χ0v) is 32.3. The fourth-order valence-electron chi connectivity index (χ4n) is 10.5. The van der Waals surface area contributed by atoms with Gasteiger partial charge < -0.3 is 18.6 Å². The Kier molecular flexibility index (Phi) is 6.29. The molecule has 2 aliphatic heterocycles. The van der Waals surface area contributed by atoms with Crippen molar-refractivity contribution in [3.8, 4) is 0 Å². The Labute approximate surface area is 335 Å². The number of hydrogen-bond donors (Lipinski definition) is 0. The first-order valence-corrected chi connectivity index (χ1v) is 20.1. The van der Waals surface area contributed by atoms with Crippen LogP contribution in [-0.4, -0.2) is 6.71 Å². The molecule has 0 fully saturated rings. The minimum Gasteiger partial charge on any atom is -0.456 e. The Hall–Kier alpha value is -7.24. The average molecular weight is 743 g/mol. The summed E-state index contributed by atoms with van der Waals surface area (Å²) in [7, 11) is 0. The second-order valence-electron chi connectivity index (χ2n) is 16.3. The molecule has 0 N–H and O–H groups in total. The Balaban J connectivity index is 1.09. The molecule has 58 heavy (non-hydrogen) atoms. The lowest BCUT2D eigenvalue weighted by molar-refractivity contribution is 0.669. The molecule has 0 saturated carbocycles. The van der Waals surface area contributed by atoms with Gasteiger partial charge in [-0.25, -0.2) is 0 Å². The lowest BCUT2D eigenvalue weighted by atomic mass is 9.33. The van der Waals surface area contributed by atoms with E-state index in [1.54, 1.807) is 0 Å². The highest BCUT2D eigenvalue weighted by Crippen LogP contribution is 2.55. The van der Waals surface area contributed by atoms with Crippen LogP contribution < -0.4 is 26.2 Å². The topological polar surface area (TPSA) is 32.8 Å². The zero-order valence-electron chi connectivity index (χ0n) is 32.3. The Morgan fingerprint density at radius 2 is 0.931 bits per heavy atom. The van der Waals surface area contributed by atoms with Gasteiger partial charge in [-0.15, -0.1) is 0 Å². The van der Waals surface area contributed by atoms with Crippen molar-refractivity contribution in [2.75, 3.05) is 9.80 Å². The van der Waals surface area contributed by atoms with Crippen molar-refractivity contribution in [2.24, 2.45) is 0 Å². The monoisotopic (exact) mass is 742 g/mol. The minimum absolute atomic E-state index is 0.00398. The summed E-state index contributed by atoms with van der Waals surface area (Å²) >= 11 is 0. The first-order valence-electron chi connectivity index (χ1n) is 20.1. The second kappa shape index (κ2) is 11.4. The fraction of sp³-hybridized carbons (Fsp3) is 0.0566. The first kappa shape index (κ1) is 31.9. The maximum atomic E-state index is 6.78. The molecule has 13 rings (SSSR count). The van der Waals surface area contributed by atoms with Gasteiger partial charge in [0.1, 0.15) is 22.3 Å². The summed E-state index contributed by atoms with van der Waals surface area (Å²) in [6, 6.07) is 57.7. The molecule has 0 spiro atoms. The Morgan fingerprint density at radius 3 is 1.60 bits per heavy atom. The maximum Gasteiger partial charge on any atom is 0.247 e. The molecular formula is C53H35BN2O2. The molecule has 11 aromatic rings. The highest BCUT2D eigenvalue weighted by atomic mass is 16.3. The van der Waals surface area contributed by atoms with Crippen molar-refractivity contribution >= 4 is 123 Å². The van der Waals surface area contributed by atoms with Gasteiger partial charge in [-0.05, 0) is 108 Å². The van der Waals surface area contributed by atoms with Crippen LogP contribution in [0.5, 0.6) is 0 Å². The molecule has 272 valence electrons. The lowest BCUT2D eigenvalue weighted by Gasteiger charge is -2.45. The highest BCUT2D eigenvalue weighted by molar-refractivity contribution is 6.98. The van der Waals surface area contributed by atoms with E-state index < -0.39 is 0 Å². The van der Waals surface area contributed by atoms with Gasteiger partial charge in [0.25, 0.3) is 0 Å². The molecular weight excluding hydrogens is 707 g/mol. The minimum atomic E-state index is -0.00398. The van der Waals surface area contributed by atoms with Crippen molar-refractivity contribution in [1.29, 1.82) is 0 Å². The predicted molar refractivity (Wildman–Crippen MR) is 244 cm³/mol. The molecule has 4 nitrogen and oxygen atoms in total. The van der Waals surface area contributed by atoms with Crippen LogP contribution in [0.1, 0.15) is 16.7 Å². The summed E-state index contributed by atoms with van der Waals surface area (Å²) in [5.74, 6) is 0. The molecule has 0 saturated heterocycles. The van der Waals surface area contributed by atoms with Crippen LogP contribution in [0.15, 0.2) is 167 Å². The number of hydrogen-bond acceptors (Lipinski definition) is 4. The number of para-hydroxylation sites is 3. The number of furan rings is 2. The van der Waals surface area contributed by atoms with Crippen molar-refractivity contribution in [3.63, 3.8) is 0 Å². The van der Waals surface area contributed by atoms with E-state index >= 15 is 0 Å². The summed E-state index contributed by atoms with van der Waals surface area (Å²) in [6.07, 6.45) is 0. The van der Waals surface area contributed by atoms with Crippen LogP contribution >= 0.6 is 0 Å². The van der Waals surface area contributed by atoms with E-state index in [9.17, 15) is 0 Å². The first-order chi connectivity index (χ1) is 28.5. The van der Waals surface area contributed by atoms with Crippen molar-refractivity contribution in [1.82, 2.24) is 0 Å². The quantitative estimate of drug-likeness (QED) is 0.165. The molecule has 0 bridgehead atoms. The molecule has 0 atom stereocenters. The second-order valence-corrected chi connectivity index (χ2v) is 16.3. The molecule has 9 aromatic carbocycles. The van der Waals surface area contributed by atoms with E-state index in [0.29, 0.717) is 0 Å². The van der Waals surface area contributed by atoms with Crippen LogP contribution in [0.4, 0.5) is 34.1 Å². The third kappa shape index (κ3) is 4.30. The molecule has 0 aliphatic carbocycles. The Morgan fingerprint density at radius 1 is 0.397 bits per heavy atom. The molecule has 2 aromatic heterocycles.